The lowest BCUT2D eigenvalue weighted by Gasteiger charge is -2.12. The van der Waals surface area contributed by atoms with Crippen molar-refractivity contribution in [3.05, 3.63) is 149 Å². The summed E-state index contributed by atoms with van der Waals surface area (Å²) >= 11 is 7.35. The maximum Gasteiger partial charge on any atom is 0.272 e. The number of hydrogen-bond donors (Lipinski definition) is 3. The second kappa shape index (κ2) is 14.6. The van der Waals surface area contributed by atoms with Gasteiger partial charge in [0.05, 0.1) is 5.75 Å². The van der Waals surface area contributed by atoms with Crippen LogP contribution >= 0.6 is 23.4 Å². The SMILES string of the molecule is O=C(CSc1cccc(NC(=O)/C(=C/c2ccc(Cl)cc2)NC(=O)c2ccccc2)c1)Nc1ccc(-c2nc3ccccc3o2)cc1. The van der Waals surface area contributed by atoms with Crippen LogP contribution in [-0.2, 0) is 9.59 Å². The van der Waals surface area contributed by atoms with Crippen molar-refractivity contribution in [3.8, 4) is 11.5 Å². The van der Waals surface area contributed by atoms with E-state index in [1.54, 1.807) is 84.9 Å². The molecule has 47 heavy (non-hydrogen) atoms. The van der Waals surface area contributed by atoms with Gasteiger partial charge in [-0.15, -0.1) is 11.8 Å². The summed E-state index contributed by atoms with van der Waals surface area (Å²) in [6.07, 6.45) is 1.58. The number of para-hydroxylation sites is 2. The molecule has 232 valence electrons. The van der Waals surface area contributed by atoms with Gasteiger partial charge in [0, 0.05) is 32.4 Å². The number of amides is 3. The molecule has 0 bridgehead atoms. The smallest absolute Gasteiger partial charge is 0.272 e. The number of benzene rings is 5. The fourth-order valence-electron chi connectivity index (χ4n) is 4.57. The molecule has 10 heteroatoms. The number of aromatic nitrogens is 1. The predicted molar refractivity (Wildman–Crippen MR) is 187 cm³/mol. The molecule has 0 unspecified atom stereocenters. The molecule has 0 radical (unpaired) electrons. The first-order valence-electron chi connectivity index (χ1n) is 14.5. The summed E-state index contributed by atoms with van der Waals surface area (Å²) in [6.45, 7) is 0. The maximum absolute atomic E-state index is 13.4. The number of hydrogen-bond acceptors (Lipinski definition) is 6. The Morgan fingerprint density at radius 1 is 0.766 bits per heavy atom. The molecule has 1 heterocycles. The lowest BCUT2D eigenvalue weighted by Crippen LogP contribution is -2.30. The molecule has 1 aromatic heterocycles. The van der Waals surface area contributed by atoms with Crippen molar-refractivity contribution in [2.24, 2.45) is 0 Å². The number of rotatable bonds is 10. The Morgan fingerprint density at radius 3 is 2.28 bits per heavy atom. The van der Waals surface area contributed by atoms with E-state index in [1.165, 1.54) is 11.8 Å². The molecule has 0 aliphatic rings. The second-order valence-corrected chi connectivity index (χ2v) is 11.8. The average Bonchev–Trinajstić information content (AvgIpc) is 3.53. The highest BCUT2D eigenvalue weighted by Crippen LogP contribution is 2.26. The zero-order valence-corrected chi connectivity index (χ0v) is 26.3. The highest BCUT2D eigenvalue weighted by molar-refractivity contribution is 8.00. The number of fused-ring (bicyclic) bond motifs is 1. The lowest BCUT2D eigenvalue weighted by atomic mass is 10.1. The first kappa shape index (κ1) is 31.3. The number of halogens is 1. The number of nitrogens with zero attached hydrogens (tertiary/aromatic N) is 1. The summed E-state index contributed by atoms with van der Waals surface area (Å²) in [7, 11) is 0. The highest BCUT2D eigenvalue weighted by atomic mass is 35.5. The van der Waals surface area contributed by atoms with E-state index in [4.69, 9.17) is 16.0 Å². The topological polar surface area (TPSA) is 113 Å². The van der Waals surface area contributed by atoms with Crippen molar-refractivity contribution in [1.29, 1.82) is 0 Å². The molecule has 6 aromatic rings. The standard InChI is InChI=1S/C37H27ClN4O4S/c38-27-17-13-24(14-18-27)21-32(41-35(44)25-7-2-1-3-8-25)36(45)40-29-9-6-10-30(22-29)47-23-34(43)39-28-19-15-26(16-20-28)37-42-31-11-4-5-12-33(31)46-37/h1-22H,23H2,(H,39,43)(H,40,45)(H,41,44)/b32-21-. The van der Waals surface area contributed by atoms with Gasteiger partial charge in [-0.1, -0.05) is 60.1 Å². The van der Waals surface area contributed by atoms with E-state index in [2.05, 4.69) is 20.9 Å². The Kier molecular flexibility index (Phi) is 9.76. The summed E-state index contributed by atoms with van der Waals surface area (Å²) < 4.78 is 5.82. The Morgan fingerprint density at radius 2 is 1.51 bits per heavy atom. The molecule has 5 aromatic carbocycles. The second-order valence-electron chi connectivity index (χ2n) is 10.3. The van der Waals surface area contributed by atoms with Crippen molar-refractivity contribution in [2.45, 2.75) is 4.90 Å². The van der Waals surface area contributed by atoms with E-state index in [0.717, 1.165) is 16.0 Å². The monoisotopic (exact) mass is 658 g/mol. The molecule has 0 fully saturated rings. The summed E-state index contributed by atoms with van der Waals surface area (Å²) in [6, 6.07) is 37.5. The minimum Gasteiger partial charge on any atom is -0.436 e. The van der Waals surface area contributed by atoms with Crippen LogP contribution in [-0.4, -0.2) is 28.5 Å². The van der Waals surface area contributed by atoms with E-state index in [1.807, 2.05) is 48.5 Å². The van der Waals surface area contributed by atoms with Crippen LogP contribution < -0.4 is 16.0 Å². The molecular weight excluding hydrogens is 632 g/mol. The van der Waals surface area contributed by atoms with Gasteiger partial charge >= 0.3 is 0 Å². The molecule has 0 saturated heterocycles. The minimum atomic E-state index is -0.509. The third-order valence-electron chi connectivity index (χ3n) is 6.88. The third kappa shape index (κ3) is 8.35. The zero-order chi connectivity index (χ0) is 32.6. The van der Waals surface area contributed by atoms with Gasteiger partial charge in [-0.25, -0.2) is 4.98 Å². The summed E-state index contributed by atoms with van der Waals surface area (Å²) in [5, 5.41) is 9.03. The largest absolute Gasteiger partial charge is 0.436 e. The van der Waals surface area contributed by atoms with Crippen LogP contribution in [0, 0.1) is 0 Å². The van der Waals surface area contributed by atoms with Gasteiger partial charge in [0.1, 0.15) is 11.2 Å². The summed E-state index contributed by atoms with van der Waals surface area (Å²) in [5.74, 6) is -0.449. The van der Waals surface area contributed by atoms with Crippen molar-refractivity contribution in [2.75, 3.05) is 16.4 Å². The number of anilines is 2. The van der Waals surface area contributed by atoms with Gasteiger partial charge in [-0.05, 0) is 90.5 Å². The van der Waals surface area contributed by atoms with Gasteiger partial charge in [0.15, 0.2) is 5.58 Å². The predicted octanol–water partition coefficient (Wildman–Crippen LogP) is 8.29. The molecule has 0 spiro atoms. The van der Waals surface area contributed by atoms with Gasteiger partial charge < -0.3 is 20.4 Å². The first-order chi connectivity index (χ1) is 22.9. The van der Waals surface area contributed by atoms with Crippen LogP contribution in [0.25, 0.3) is 28.6 Å². The van der Waals surface area contributed by atoms with Crippen molar-refractivity contribution >= 4 is 69.6 Å². The summed E-state index contributed by atoms with van der Waals surface area (Å²) in [5.41, 5.74) is 4.61. The molecule has 8 nitrogen and oxygen atoms in total. The Balaban J connectivity index is 1.07. The number of nitrogens with one attached hydrogen (secondary N) is 3. The molecule has 0 saturated carbocycles. The van der Waals surface area contributed by atoms with Crippen LogP contribution in [0.5, 0.6) is 0 Å². The van der Waals surface area contributed by atoms with Gasteiger partial charge in [-0.2, -0.15) is 0 Å². The Labute approximate surface area is 279 Å². The number of oxazole rings is 1. The molecule has 0 aliphatic carbocycles. The zero-order valence-electron chi connectivity index (χ0n) is 24.8. The quantitative estimate of drug-likeness (QED) is 0.101. The van der Waals surface area contributed by atoms with E-state index in [9.17, 15) is 14.4 Å². The van der Waals surface area contributed by atoms with E-state index in [-0.39, 0.29) is 17.4 Å². The van der Waals surface area contributed by atoms with Crippen molar-refractivity contribution in [1.82, 2.24) is 10.3 Å². The number of carbonyl (C=O) groups excluding carboxylic acids is 3. The normalized spacial score (nSPS) is 11.2. The molecular formula is C37H27ClN4O4S. The average molecular weight is 659 g/mol. The number of thioether (sulfide) groups is 1. The van der Waals surface area contributed by atoms with E-state index < -0.39 is 11.8 Å². The van der Waals surface area contributed by atoms with Crippen LogP contribution in [0.4, 0.5) is 11.4 Å². The number of carbonyl (C=O) groups is 3. The Bertz CT molecular complexity index is 2050. The van der Waals surface area contributed by atoms with Gasteiger partial charge in [0.2, 0.25) is 11.8 Å². The highest BCUT2D eigenvalue weighted by Gasteiger charge is 2.16. The van der Waals surface area contributed by atoms with E-state index in [0.29, 0.717) is 39.0 Å². The molecule has 6 rings (SSSR count). The maximum atomic E-state index is 13.4. The van der Waals surface area contributed by atoms with Gasteiger partial charge in [-0.3, -0.25) is 14.4 Å². The molecule has 0 atom stereocenters. The van der Waals surface area contributed by atoms with E-state index >= 15 is 0 Å². The van der Waals surface area contributed by atoms with Crippen molar-refractivity contribution < 1.29 is 18.8 Å². The van der Waals surface area contributed by atoms with Crippen molar-refractivity contribution in [3.63, 3.8) is 0 Å². The lowest BCUT2D eigenvalue weighted by molar-refractivity contribution is -0.114. The fourth-order valence-corrected chi connectivity index (χ4v) is 5.45. The van der Waals surface area contributed by atoms with Crippen LogP contribution in [0.15, 0.2) is 142 Å². The van der Waals surface area contributed by atoms with Gasteiger partial charge in [0.25, 0.3) is 11.8 Å². The van der Waals surface area contributed by atoms with Crippen LogP contribution in [0.2, 0.25) is 5.02 Å². The molecule has 0 aliphatic heterocycles. The van der Waals surface area contributed by atoms with Crippen LogP contribution in [0.1, 0.15) is 15.9 Å². The first-order valence-corrected chi connectivity index (χ1v) is 15.9. The fraction of sp³-hybridized carbons (Fsp3) is 0.0270. The molecule has 3 amide bonds. The summed E-state index contributed by atoms with van der Waals surface area (Å²) in [4.78, 5) is 44.3. The minimum absolute atomic E-state index is 0.0562. The third-order valence-corrected chi connectivity index (χ3v) is 8.13. The van der Waals surface area contributed by atoms with Crippen LogP contribution in [0.3, 0.4) is 0 Å². The Hall–Kier alpha value is -5.64. The molecule has 3 N–H and O–H groups in total.